The smallest absolute Gasteiger partial charge is 0.109 e. The molecule has 0 amide bonds. The average molecular weight is 658 g/mol. The number of para-hydroxylation sites is 2. The number of rotatable bonds is 7. The topological polar surface area (TPSA) is 109 Å². The van der Waals surface area contributed by atoms with Crippen LogP contribution in [-0.2, 0) is 32.7 Å². The molecule has 5 heterocycles. The summed E-state index contributed by atoms with van der Waals surface area (Å²) in [4.78, 5) is 38.4. The van der Waals surface area contributed by atoms with Crippen LogP contribution < -0.4 is 0 Å². The Balaban J connectivity index is 1.000. The second-order valence-electron chi connectivity index (χ2n) is 14.1. The molecular formula is C41H39N9. The van der Waals surface area contributed by atoms with Gasteiger partial charge < -0.3 is 9.55 Å². The van der Waals surface area contributed by atoms with Gasteiger partial charge in [-0.15, -0.1) is 0 Å². The van der Waals surface area contributed by atoms with Gasteiger partial charge in [-0.3, -0.25) is 20.0 Å². The number of hydrogen-bond acceptors (Lipinski definition) is 7. The maximum Gasteiger partial charge on any atom is 0.109 e. The molecule has 0 spiro atoms. The van der Waals surface area contributed by atoms with E-state index in [4.69, 9.17) is 34.9 Å². The van der Waals surface area contributed by atoms with Gasteiger partial charge in [-0.25, -0.2) is 15.0 Å². The van der Waals surface area contributed by atoms with E-state index in [0.717, 1.165) is 124 Å². The van der Waals surface area contributed by atoms with E-state index in [1.54, 1.807) is 0 Å². The number of fused-ring (bicyclic) bond motifs is 6. The molecule has 9 nitrogen and oxygen atoms in total. The molecule has 0 saturated carbocycles. The molecule has 9 rings (SSSR count). The third-order valence-electron chi connectivity index (χ3n) is 10.5. The summed E-state index contributed by atoms with van der Waals surface area (Å²) in [5.74, 6) is 2.02. The lowest BCUT2D eigenvalue weighted by molar-refractivity contribution is 0.554. The Morgan fingerprint density at radius 3 is 2.62 bits per heavy atom. The van der Waals surface area contributed by atoms with Crippen molar-refractivity contribution in [3.8, 4) is 0 Å². The molecule has 2 aliphatic heterocycles. The van der Waals surface area contributed by atoms with Crippen molar-refractivity contribution in [3.05, 3.63) is 106 Å². The number of aromatic amines is 1. The summed E-state index contributed by atoms with van der Waals surface area (Å²) in [5, 5.41) is 0. The lowest BCUT2D eigenvalue weighted by atomic mass is 9.81. The molecule has 3 aliphatic rings. The molecule has 248 valence electrons. The molecule has 1 N–H and O–H groups in total. The van der Waals surface area contributed by atoms with Gasteiger partial charge in [0.25, 0.3) is 0 Å². The molecule has 1 unspecified atom stereocenters. The minimum absolute atomic E-state index is 0.449. The van der Waals surface area contributed by atoms with E-state index in [1.165, 1.54) is 16.7 Å². The van der Waals surface area contributed by atoms with Crippen molar-refractivity contribution < 1.29 is 0 Å². The lowest BCUT2D eigenvalue weighted by Crippen LogP contribution is -2.32. The minimum atomic E-state index is -0.449. The largest absolute Gasteiger partial charge is 0.342 e. The predicted octanol–water partition coefficient (Wildman–Crippen LogP) is 8.03. The molecule has 0 bridgehead atoms. The van der Waals surface area contributed by atoms with Gasteiger partial charge in [-0.2, -0.15) is 0 Å². The van der Waals surface area contributed by atoms with Crippen LogP contribution in [0.1, 0.15) is 65.8 Å². The number of aromatic nitrogens is 6. The van der Waals surface area contributed by atoms with Crippen molar-refractivity contribution in [2.45, 2.75) is 71.3 Å². The van der Waals surface area contributed by atoms with E-state index >= 15 is 0 Å². The highest BCUT2D eigenvalue weighted by Gasteiger charge is 2.36. The summed E-state index contributed by atoms with van der Waals surface area (Å²) < 4.78 is 2.27. The first-order valence-electron chi connectivity index (χ1n) is 17.6. The Hall–Kier alpha value is -5.57. The Bertz CT molecular complexity index is 2490. The number of aliphatic imine (C=N–C) groups is 3. The number of benzene rings is 3. The molecule has 1 aliphatic carbocycles. The summed E-state index contributed by atoms with van der Waals surface area (Å²) in [6.45, 7) is 6.39. The third-order valence-corrected chi connectivity index (χ3v) is 10.5. The zero-order valence-electron chi connectivity index (χ0n) is 29.0. The van der Waals surface area contributed by atoms with Gasteiger partial charge in [0, 0.05) is 56.1 Å². The molecule has 1 atom stereocenters. The zero-order chi connectivity index (χ0) is 34.0. The Morgan fingerprint density at radius 1 is 0.880 bits per heavy atom. The fourth-order valence-corrected chi connectivity index (χ4v) is 7.80. The van der Waals surface area contributed by atoms with Crippen LogP contribution in [0.2, 0.25) is 0 Å². The van der Waals surface area contributed by atoms with Crippen LogP contribution in [0, 0.1) is 13.8 Å². The quantitative estimate of drug-likeness (QED) is 0.187. The number of nitrogens with zero attached hydrogens (tertiary/aromatic N) is 8. The van der Waals surface area contributed by atoms with Crippen molar-refractivity contribution in [1.29, 1.82) is 0 Å². The van der Waals surface area contributed by atoms with E-state index in [9.17, 15) is 0 Å². The summed E-state index contributed by atoms with van der Waals surface area (Å²) in [6, 6.07) is 14.6. The van der Waals surface area contributed by atoms with E-state index in [2.05, 4.69) is 80.0 Å². The van der Waals surface area contributed by atoms with Gasteiger partial charge in [0.15, 0.2) is 0 Å². The molecule has 0 saturated heterocycles. The fraction of sp³-hybridized carbons (Fsp3) is 0.293. The molecule has 9 heteroatoms. The first kappa shape index (κ1) is 30.5. The predicted molar refractivity (Wildman–Crippen MR) is 203 cm³/mol. The van der Waals surface area contributed by atoms with Crippen LogP contribution in [0.5, 0.6) is 0 Å². The first-order chi connectivity index (χ1) is 24.3. The fourth-order valence-electron chi connectivity index (χ4n) is 7.80. The molecule has 3 aromatic heterocycles. The summed E-state index contributed by atoms with van der Waals surface area (Å²) in [6.07, 6.45) is 16.0. The Morgan fingerprint density at radius 2 is 1.74 bits per heavy atom. The number of aryl methyl sites for hydroxylation is 7. The Labute approximate surface area is 290 Å². The maximum absolute atomic E-state index is 5.30. The van der Waals surface area contributed by atoms with Crippen molar-refractivity contribution in [2.24, 2.45) is 22.0 Å². The van der Waals surface area contributed by atoms with Crippen molar-refractivity contribution >= 4 is 62.5 Å². The minimum Gasteiger partial charge on any atom is -0.342 e. The van der Waals surface area contributed by atoms with Crippen LogP contribution in [0.25, 0.3) is 38.7 Å². The van der Waals surface area contributed by atoms with Crippen LogP contribution in [0.4, 0.5) is 5.69 Å². The van der Waals surface area contributed by atoms with E-state index in [1.807, 2.05) is 30.6 Å². The second-order valence-corrected chi connectivity index (χ2v) is 14.1. The van der Waals surface area contributed by atoms with Crippen molar-refractivity contribution in [3.63, 3.8) is 0 Å². The van der Waals surface area contributed by atoms with Gasteiger partial charge in [-0.1, -0.05) is 30.3 Å². The number of nitrogens with one attached hydrogen (secondary N) is 1. The number of H-pyrrole nitrogens is 1. The highest BCUT2D eigenvalue weighted by atomic mass is 15.1. The zero-order valence-corrected chi connectivity index (χ0v) is 29.0. The summed E-state index contributed by atoms with van der Waals surface area (Å²) in [5.41, 5.74) is 15.8. The van der Waals surface area contributed by atoms with Crippen LogP contribution in [0.3, 0.4) is 0 Å². The van der Waals surface area contributed by atoms with Gasteiger partial charge in [0.2, 0.25) is 0 Å². The van der Waals surface area contributed by atoms with Gasteiger partial charge >= 0.3 is 0 Å². The molecule has 0 radical (unpaired) electrons. The average Bonchev–Trinajstić information content (AvgIpc) is 3.70. The van der Waals surface area contributed by atoms with Gasteiger partial charge in [-0.05, 0) is 87.4 Å². The SMILES string of the molecule is Cc1ccc(C)c2nc(CCc3nc4cc(C5=CC=C6N=CC(CCc7nc8ccccc8[nH]7)=NC6(C)C5)c5c(c4n3C)CCC=N5)cnc12. The summed E-state index contributed by atoms with van der Waals surface area (Å²) in [7, 11) is 2.14. The molecular weight excluding hydrogens is 619 g/mol. The molecule has 3 aromatic carbocycles. The highest BCUT2D eigenvalue weighted by molar-refractivity contribution is 6.31. The standard InChI is InChI=1S/C41H39N9/c1-24-11-12-25(2)38-37(24)44-22-27(45-38)15-18-36-48-33-20-30(39-29(8-7-19-42-39)40(33)50(36)4)26-13-16-34-41(3,21-26)49-28(23-43-34)14-17-35-46-31-9-5-6-10-32(31)47-35/h5-6,9-13,16,19-20,22-23H,7-8,14-15,17-18,21H2,1-4H3,(H,46,47). The van der Waals surface area contributed by atoms with Crippen molar-refractivity contribution in [2.75, 3.05) is 0 Å². The van der Waals surface area contributed by atoms with E-state index in [-0.39, 0.29) is 0 Å². The first-order valence-corrected chi connectivity index (χ1v) is 17.6. The van der Waals surface area contributed by atoms with Crippen LogP contribution in [-0.4, -0.2) is 53.2 Å². The van der Waals surface area contributed by atoms with Crippen LogP contribution >= 0.6 is 0 Å². The number of hydrogen-bond donors (Lipinski definition) is 1. The third kappa shape index (κ3) is 5.19. The monoisotopic (exact) mass is 657 g/mol. The van der Waals surface area contributed by atoms with Gasteiger partial charge in [0.05, 0.1) is 55.9 Å². The van der Waals surface area contributed by atoms with E-state index in [0.29, 0.717) is 0 Å². The molecule has 0 fully saturated rings. The van der Waals surface area contributed by atoms with Gasteiger partial charge in [0.1, 0.15) is 17.2 Å². The normalized spacial score (nSPS) is 18.4. The van der Waals surface area contributed by atoms with Crippen molar-refractivity contribution in [1.82, 2.24) is 29.5 Å². The number of allylic oxidation sites excluding steroid dienone is 2. The molecule has 6 aromatic rings. The number of imidazole rings is 2. The second kappa shape index (κ2) is 11.8. The van der Waals surface area contributed by atoms with Crippen LogP contribution in [0.15, 0.2) is 81.5 Å². The lowest BCUT2D eigenvalue weighted by Gasteiger charge is -2.33. The van der Waals surface area contributed by atoms with E-state index < -0.39 is 5.54 Å². The Kier molecular flexibility index (Phi) is 7.19. The highest BCUT2D eigenvalue weighted by Crippen LogP contribution is 2.45. The molecule has 50 heavy (non-hydrogen) atoms. The maximum atomic E-state index is 5.30. The summed E-state index contributed by atoms with van der Waals surface area (Å²) >= 11 is 0.